The average molecular weight is 256 g/mol. The molecule has 0 radical (unpaired) electrons. The molecule has 3 atom stereocenters. The summed E-state index contributed by atoms with van der Waals surface area (Å²) in [4.78, 5) is 24.4. The van der Waals surface area contributed by atoms with Crippen LogP contribution in [0.25, 0.3) is 0 Å². The second kappa shape index (κ2) is 3.91. The molecular weight excluding hydrogens is 240 g/mol. The molecule has 3 saturated heterocycles. The molecule has 0 aromatic carbocycles. The van der Waals surface area contributed by atoms with Crippen molar-refractivity contribution in [1.29, 1.82) is 0 Å². The zero-order chi connectivity index (χ0) is 12.9. The first-order valence-corrected chi connectivity index (χ1v) is 6.04. The van der Waals surface area contributed by atoms with Crippen molar-refractivity contribution in [3.63, 3.8) is 0 Å². The molecule has 3 rings (SSSR count). The SMILES string of the molecule is CC1(C)OC[C@H]([C@@H]2N[C@H]2C(=O)N2CCOC2=O)O1. The maximum absolute atomic E-state index is 12.0. The first-order valence-electron chi connectivity index (χ1n) is 6.04. The van der Waals surface area contributed by atoms with Gasteiger partial charge in [0.1, 0.15) is 18.8 Å². The number of imide groups is 1. The molecule has 7 nitrogen and oxygen atoms in total. The Bertz CT molecular complexity index is 397. The van der Waals surface area contributed by atoms with Crippen LogP contribution in [0.4, 0.5) is 4.79 Å². The molecule has 3 aliphatic rings. The van der Waals surface area contributed by atoms with Crippen LogP contribution in [0, 0.1) is 0 Å². The van der Waals surface area contributed by atoms with Gasteiger partial charge in [-0.15, -0.1) is 0 Å². The van der Waals surface area contributed by atoms with E-state index in [-0.39, 0.29) is 30.7 Å². The quantitative estimate of drug-likeness (QED) is 0.667. The molecule has 3 fully saturated rings. The molecule has 0 saturated carbocycles. The summed E-state index contributed by atoms with van der Waals surface area (Å²) in [5.41, 5.74) is 0. The molecule has 3 heterocycles. The summed E-state index contributed by atoms with van der Waals surface area (Å²) in [7, 11) is 0. The summed E-state index contributed by atoms with van der Waals surface area (Å²) in [6.07, 6.45) is -0.705. The third-order valence-corrected chi connectivity index (χ3v) is 3.35. The summed E-state index contributed by atoms with van der Waals surface area (Å²) >= 11 is 0. The number of rotatable bonds is 2. The van der Waals surface area contributed by atoms with E-state index in [1.807, 2.05) is 13.8 Å². The highest BCUT2D eigenvalue weighted by Gasteiger charge is 2.54. The third kappa shape index (κ3) is 1.98. The van der Waals surface area contributed by atoms with Crippen molar-refractivity contribution >= 4 is 12.0 Å². The predicted molar refractivity (Wildman–Crippen MR) is 58.7 cm³/mol. The number of cyclic esters (lactones) is 1. The highest BCUT2D eigenvalue weighted by molar-refractivity contribution is 5.98. The minimum Gasteiger partial charge on any atom is -0.447 e. The van der Waals surface area contributed by atoms with Crippen molar-refractivity contribution < 1.29 is 23.8 Å². The van der Waals surface area contributed by atoms with Crippen LogP contribution in [0.5, 0.6) is 0 Å². The Balaban J connectivity index is 1.58. The average Bonchev–Trinajstić information content (AvgIpc) is 2.86. The number of nitrogens with one attached hydrogen (secondary N) is 1. The summed E-state index contributed by atoms with van der Waals surface area (Å²) < 4.78 is 15.9. The fourth-order valence-electron chi connectivity index (χ4n) is 2.35. The van der Waals surface area contributed by atoms with Crippen LogP contribution in [-0.2, 0) is 19.0 Å². The molecular formula is C11H16N2O5. The number of hydrogen-bond donors (Lipinski definition) is 1. The van der Waals surface area contributed by atoms with Crippen molar-refractivity contribution in [1.82, 2.24) is 10.2 Å². The Morgan fingerprint density at radius 2 is 2.28 bits per heavy atom. The number of carbonyl (C=O) groups excluding carboxylic acids is 2. The van der Waals surface area contributed by atoms with Gasteiger partial charge in [-0.2, -0.15) is 0 Å². The van der Waals surface area contributed by atoms with E-state index in [1.54, 1.807) is 0 Å². The van der Waals surface area contributed by atoms with Gasteiger partial charge < -0.3 is 14.2 Å². The van der Waals surface area contributed by atoms with Crippen LogP contribution in [0.1, 0.15) is 13.8 Å². The lowest BCUT2D eigenvalue weighted by Crippen LogP contribution is -2.37. The second-order valence-electron chi connectivity index (χ2n) is 5.14. The largest absolute Gasteiger partial charge is 0.447 e. The van der Waals surface area contributed by atoms with Crippen molar-refractivity contribution in [2.24, 2.45) is 0 Å². The van der Waals surface area contributed by atoms with Crippen LogP contribution in [0.2, 0.25) is 0 Å². The number of amides is 2. The molecule has 1 N–H and O–H groups in total. The second-order valence-corrected chi connectivity index (χ2v) is 5.14. The topological polar surface area (TPSA) is 87.0 Å². The van der Waals surface area contributed by atoms with E-state index in [0.29, 0.717) is 13.2 Å². The van der Waals surface area contributed by atoms with Crippen LogP contribution < -0.4 is 5.32 Å². The lowest BCUT2D eigenvalue weighted by Gasteiger charge is -2.16. The Morgan fingerprint density at radius 3 is 2.83 bits per heavy atom. The standard InChI is InChI=1S/C11H16N2O5/c1-11(2)17-5-6(18-11)7-8(12-7)9(14)13-3-4-16-10(13)15/h6-8,12H,3-5H2,1-2H3/t6-,7+,8-/m1/s1. The zero-order valence-corrected chi connectivity index (χ0v) is 10.3. The van der Waals surface area contributed by atoms with E-state index in [0.717, 1.165) is 4.90 Å². The molecule has 0 aliphatic carbocycles. The summed E-state index contributed by atoms with van der Waals surface area (Å²) in [6, 6.07) is -0.439. The van der Waals surface area contributed by atoms with Gasteiger partial charge in [0.25, 0.3) is 5.91 Å². The lowest BCUT2D eigenvalue weighted by molar-refractivity contribution is -0.139. The van der Waals surface area contributed by atoms with Gasteiger partial charge in [0, 0.05) is 0 Å². The maximum Gasteiger partial charge on any atom is 0.416 e. The predicted octanol–water partition coefficient (Wildman–Crippen LogP) is -0.543. The maximum atomic E-state index is 12.0. The minimum absolute atomic E-state index is 0.0762. The molecule has 0 bridgehead atoms. The monoisotopic (exact) mass is 256 g/mol. The van der Waals surface area contributed by atoms with Gasteiger partial charge in [0.15, 0.2) is 5.79 Å². The van der Waals surface area contributed by atoms with Crippen LogP contribution >= 0.6 is 0 Å². The number of hydrogen-bond acceptors (Lipinski definition) is 6. The van der Waals surface area contributed by atoms with Crippen molar-refractivity contribution in [3.05, 3.63) is 0 Å². The van der Waals surface area contributed by atoms with Crippen molar-refractivity contribution in [2.45, 2.75) is 37.8 Å². The normalized spacial score (nSPS) is 37.8. The Morgan fingerprint density at radius 1 is 1.50 bits per heavy atom. The lowest BCUT2D eigenvalue weighted by atomic mass is 10.2. The van der Waals surface area contributed by atoms with Crippen LogP contribution in [0.15, 0.2) is 0 Å². The summed E-state index contributed by atoms with van der Waals surface area (Å²) in [5, 5.41) is 3.04. The highest BCUT2D eigenvalue weighted by atomic mass is 16.7. The van der Waals surface area contributed by atoms with Gasteiger partial charge in [0.05, 0.1) is 19.2 Å². The molecule has 100 valence electrons. The van der Waals surface area contributed by atoms with E-state index in [2.05, 4.69) is 5.32 Å². The Hall–Kier alpha value is -1.18. The molecule has 0 aromatic heterocycles. The molecule has 18 heavy (non-hydrogen) atoms. The van der Waals surface area contributed by atoms with E-state index in [4.69, 9.17) is 14.2 Å². The zero-order valence-electron chi connectivity index (χ0n) is 10.3. The van der Waals surface area contributed by atoms with Crippen LogP contribution in [-0.4, -0.2) is 60.6 Å². The van der Waals surface area contributed by atoms with Gasteiger partial charge in [-0.1, -0.05) is 0 Å². The van der Waals surface area contributed by atoms with E-state index < -0.39 is 11.9 Å². The Kier molecular flexibility index (Phi) is 2.58. The van der Waals surface area contributed by atoms with Crippen molar-refractivity contribution in [2.75, 3.05) is 19.8 Å². The minimum atomic E-state index is -0.602. The van der Waals surface area contributed by atoms with E-state index in [1.165, 1.54) is 0 Å². The first kappa shape index (κ1) is 11.9. The number of carbonyl (C=O) groups is 2. The molecule has 2 amide bonds. The van der Waals surface area contributed by atoms with Crippen molar-refractivity contribution in [3.8, 4) is 0 Å². The third-order valence-electron chi connectivity index (χ3n) is 3.35. The fourth-order valence-corrected chi connectivity index (χ4v) is 2.35. The smallest absolute Gasteiger partial charge is 0.416 e. The van der Waals surface area contributed by atoms with Gasteiger partial charge in [-0.3, -0.25) is 10.1 Å². The summed E-state index contributed by atoms with van der Waals surface area (Å²) in [6.45, 7) is 4.74. The molecule has 0 spiro atoms. The van der Waals surface area contributed by atoms with Crippen LogP contribution in [0.3, 0.4) is 0 Å². The number of nitrogens with zero attached hydrogens (tertiary/aromatic N) is 1. The molecule has 7 heteroatoms. The molecule has 0 aromatic rings. The van der Waals surface area contributed by atoms with Gasteiger partial charge in [0.2, 0.25) is 0 Å². The number of ether oxygens (including phenoxy) is 3. The van der Waals surface area contributed by atoms with Gasteiger partial charge in [-0.05, 0) is 13.8 Å². The molecule has 0 unspecified atom stereocenters. The van der Waals surface area contributed by atoms with Gasteiger partial charge in [-0.25, -0.2) is 9.69 Å². The fraction of sp³-hybridized carbons (Fsp3) is 0.818. The van der Waals surface area contributed by atoms with E-state index in [9.17, 15) is 9.59 Å². The first-order chi connectivity index (χ1) is 8.48. The molecule has 3 aliphatic heterocycles. The van der Waals surface area contributed by atoms with Gasteiger partial charge >= 0.3 is 6.09 Å². The highest BCUT2D eigenvalue weighted by Crippen LogP contribution is 2.30. The summed E-state index contributed by atoms with van der Waals surface area (Å²) in [5.74, 6) is -0.842. The van der Waals surface area contributed by atoms with E-state index >= 15 is 0 Å². The Labute approximate surface area is 104 Å².